The third-order valence-corrected chi connectivity index (χ3v) is 4.89. The minimum Gasteiger partial charge on any atom is -0.445 e. The van der Waals surface area contributed by atoms with Crippen LogP contribution in [0.15, 0.2) is 12.1 Å². The molecule has 0 bridgehead atoms. The van der Waals surface area contributed by atoms with Crippen molar-refractivity contribution in [2.45, 2.75) is 39.8 Å². The van der Waals surface area contributed by atoms with E-state index >= 15 is 0 Å². The van der Waals surface area contributed by atoms with Crippen LogP contribution in [-0.4, -0.2) is 63.1 Å². The average Bonchev–Trinajstić information content (AvgIpc) is 2.54. The molecule has 1 amide bonds. The van der Waals surface area contributed by atoms with Gasteiger partial charge < -0.3 is 26.8 Å². The first-order chi connectivity index (χ1) is 13.5. The van der Waals surface area contributed by atoms with Crippen LogP contribution in [0.4, 0.5) is 21.6 Å². The van der Waals surface area contributed by atoms with Crippen molar-refractivity contribution in [2.75, 3.05) is 26.2 Å². The van der Waals surface area contributed by atoms with E-state index in [0.717, 1.165) is 6.07 Å². The number of halogens is 4. The smallest absolute Gasteiger partial charge is 0.445 e. The van der Waals surface area contributed by atoms with Gasteiger partial charge in [0, 0.05) is 32.7 Å². The van der Waals surface area contributed by atoms with Gasteiger partial charge in [0.2, 0.25) is 0 Å². The molecule has 1 aliphatic heterocycles. The summed E-state index contributed by atoms with van der Waals surface area (Å²) in [6.07, 6.45) is -0.469. The predicted molar refractivity (Wildman–Crippen MR) is 104 cm³/mol. The Morgan fingerprint density at radius 1 is 1.13 bits per heavy atom. The topological polar surface area (TPSA) is 76.2 Å². The molecule has 0 aliphatic carbocycles. The Labute approximate surface area is 173 Å². The molecule has 1 heterocycles. The van der Waals surface area contributed by atoms with Crippen molar-refractivity contribution < 1.29 is 39.0 Å². The van der Waals surface area contributed by atoms with Crippen LogP contribution < -0.4 is 9.65 Å². The van der Waals surface area contributed by atoms with E-state index in [2.05, 4.69) is 4.18 Å². The second-order valence-corrected chi connectivity index (χ2v) is 9.04. The van der Waals surface area contributed by atoms with Gasteiger partial charge in [-0.05, 0) is 45.4 Å². The van der Waals surface area contributed by atoms with Gasteiger partial charge in [0.15, 0.2) is 0 Å². The summed E-state index contributed by atoms with van der Waals surface area (Å²) in [6.45, 7) is 2.48. The van der Waals surface area contributed by atoms with E-state index in [1.54, 1.807) is 20.8 Å². The first kappa shape index (κ1) is 24.3. The van der Waals surface area contributed by atoms with E-state index in [1.165, 1.54) is 11.8 Å². The third-order valence-electron chi connectivity index (χ3n) is 4.50. The molecule has 0 atom stereocenters. The van der Waals surface area contributed by atoms with Crippen LogP contribution in [-0.2, 0) is 21.8 Å². The average molecular weight is 455 g/mol. The maximum atomic E-state index is 13.4. The first-order valence-electron chi connectivity index (χ1n) is 9.23. The summed E-state index contributed by atoms with van der Waals surface area (Å²) in [6, 6.07) is 1.56. The highest BCUT2D eigenvalue weighted by atomic mass is 32.3. The summed E-state index contributed by atoms with van der Waals surface area (Å²) in [4.78, 5) is 15.4. The molecule has 0 saturated carbocycles. The molecule has 30 heavy (non-hydrogen) atoms. The summed E-state index contributed by atoms with van der Waals surface area (Å²) in [7, 11) is -5.47. The molecular formula is C17H24BF4N2O5S-. The van der Waals surface area contributed by atoms with E-state index in [1.807, 2.05) is 4.90 Å². The Morgan fingerprint density at radius 3 is 2.17 bits per heavy atom. The number of nitrogens with zero attached hydrogens (tertiary/aromatic N) is 2. The van der Waals surface area contributed by atoms with Gasteiger partial charge in [-0.25, -0.2) is 4.79 Å². The van der Waals surface area contributed by atoms with E-state index in [9.17, 15) is 30.0 Å². The quantitative estimate of drug-likeness (QED) is 0.386. The van der Waals surface area contributed by atoms with Gasteiger partial charge in [0.1, 0.15) is 11.4 Å². The molecule has 0 N–H and O–H groups in total. The van der Waals surface area contributed by atoms with Crippen LogP contribution in [0.3, 0.4) is 0 Å². The van der Waals surface area contributed by atoms with E-state index in [0.29, 0.717) is 32.2 Å². The molecule has 1 fully saturated rings. The van der Waals surface area contributed by atoms with Gasteiger partial charge in [-0.2, -0.15) is 8.42 Å². The molecular weight excluding hydrogens is 431 g/mol. The van der Waals surface area contributed by atoms with Gasteiger partial charge in [0.25, 0.3) is 0 Å². The van der Waals surface area contributed by atoms with Crippen LogP contribution in [0.25, 0.3) is 0 Å². The summed E-state index contributed by atoms with van der Waals surface area (Å²) in [5, 5.41) is 0. The van der Waals surface area contributed by atoms with Crippen molar-refractivity contribution in [2.24, 2.45) is 0 Å². The lowest BCUT2D eigenvalue weighted by Crippen LogP contribution is -2.49. The molecule has 0 unspecified atom stereocenters. The molecule has 13 heteroatoms. The number of benzene rings is 1. The minimum atomic E-state index is -5.47. The molecule has 0 aromatic heterocycles. The highest BCUT2D eigenvalue weighted by molar-refractivity contribution is 7.81. The molecule has 1 aromatic carbocycles. The first-order valence-corrected chi connectivity index (χ1v) is 10.5. The van der Waals surface area contributed by atoms with Crippen molar-refractivity contribution >= 4 is 29.0 Å². The van der Waals surface area contributed by atoms with E-state index in [-0.39, 0.29) is 17.7 Å². The highest BCUT2D eigenvalue weighted by Gasteiger charge is 2.31. The molecule has 0 radical (unpaired) electrons. The summed E-state index contributed by atoms with van der Waals surface area (Å²) < 4.78 is 83.8. The van der Waals surface area contributed by atoms with E-state index < -0.39 is 40.4 Å². The molecule has 1 aliphatic rings. The predicted octanol–water partition coefficient (Wildman–Crippen LogP) is 2.70. The second kappa shape index (κ2) is 8.62. The zero-order valence-electron chi connectivity index (χ0n) is 17.1. The number of piperazine rings is 1. The number of amides is 1. The molecule has 0 spiro atoms. The number of ether oxygens (including phenoxy) is 1. The largest absolute Gasteiger partial charge is 0.510 e. The Morgan fingerprint density at radius 2 is 1.70 bits per heavy atom. The van der Waals surface area contributed by atoms with Gasteiger partial charge >= 0.3 is 23.6 Å². The van der Waals surface area contributed by atoms with Crippen LogP contribution in [0.1, 0.15) is 31.9 Å². The fourth-order valence-electron chi connectivity index (χ4n) is 3.09. The Hall–Kier alpha value is -2.02. The van der Waals surface area contributed by atoms with Gasteiger partial charge in [-0.1, -0.05) is 9.45 Å². The Kier molecular flexibility index (Phi) is 6.97. The number of rotatable bonds is 5. The molecule has 1 aromatic rings. The lowest BCUT2D eigenvalue weighted by atomic mass is 9.75. The second-order valence-electron chi connectivity index (χ2n) is 8.09. The van der Waals surface area contributed by atoms with Crippen molar-refractivity contribution in [1.29, 1.82) is 0 Å². The van der Waals surface area contributed by atoms with Gasteiger partial charge in [-0.3, -0.25) is 4.90 Å². The fourth-order valence-corrected chi connectivity index (χ4v) is 3.42. The maximum Gasteiger partial charge on any atom is 0.510 e. The van der Waals surface area contributed by atoms with Crippen molar-refractivity contribution in [3.8, 4) is 5.75 Å². The van der Waals surface area contributed by atoms with Gasteiger partial charge in [0.05, 0.1) is 0 Å². The van der Waals surface area contributed by atoms with E-state index in [4.69, 9.17) is 4.74 Å². The van der Waals surface area contributed by atoms with Crippen molar-refractivity contribution in [1.82, 2.24) is 9.80 Å². The number of hydrogen-bond donors (Lipinski definition) is 0. The van der Waals surface area contributed by atoms with Crippen molar-refractivity contribution in [3.63, 3.8) is 0 Å². The molecule has 170 valence electrons. The van der Waals surface area contributed by atoms with Crippen LogP contribution >= 0.6 is 0 Å². The monoisotopic (exact) mass is 455 g/mol. The Bertz CT molecular complexity index is 895. The highest BCUT2D eigenvalue weighted by Crippen LogP contribution is 2.24. The SMILES string of the molecule is Cc1c(CN2CCN(C(=O)OC(C)(C)C)CC2)cc(OS(=O)(=O)F)cc1[B-](F)(F)F. The zero-order valence-corrected chi connectivity index (χ0v) is 17.9. The standard InChI is InChI=1S/C17H24BF4N2O5S/c1-12-13(9-14(29-30(22,26)27)10-15(12)18(19,20)21)11-23-5-7-24(8-6-23)16(25)28-17(2,3)4/h9-10H,5-8,11H2,1-4H3/q-1. The normalized spacial score (nSPS) is 16.5. The van der Waals surface area contributed by atoms with Crippen LogP contribution in [0.2, 0.25) is 0 Å². The minimum absolute atomic E-state index is 0.0523. The van der Waals surface area contributed by atoms with Crippen LogP contribution in [0, 0.1) is 6.92 Å². The van der Waals surface area contributed by atoms with Gasteiger partial charge in [-0.15, -0.1) is 5.46 Å². The van der Waals surface area contributed by atoms with Crippen LogP contribution in [0.5, 0.6) is 5.75 Å². The maximum absolute atomic E-state index is 13.4. The Balaban J connectivity index is 2.16. The fraction of sp³-hybridized carbons (Fsp3) is 0.588. The summed E-state index contributed by atoms with van der Waals surface area (Å²) >= 11 is 0. The number of carbonyl (C=O) groups excluding carboxylic acids is 1. The third kappa shape index (κ3) is 7.04. The summed E-state index contributed by atoms with van der Waals surface area (Å²) in [5.74, 6) is -0.736. The lowest BCUT2D eigenvalue weighted by molar-refractivity contribution is 0.0139. The zero-order chi connectivity index (χ0) is 22.9. The molecule has 1 saturated heterocycles. The van der Waals surface area contributed by atoms with Crippen molar-refractivity contribution in [3.05, 3.63) is 23.3 Å². The summed E-state index contributed by atoms with van der Waals surface area (Å²) in [5.41, 5.74) is -1.60. The lowest BCUT2D eigenvalue weighted by Gasteiger charge is -2.36. The molecule has 7 nitrogen and oxygen atoms in total. The number of hydrogen-bond acceptors (Lipinski definition) is 6. The molecule has 2 rings (SSSR count). The number of carbonyl (C=O) groups is 1.